The van der Waals surface area contributed by atoms with Crippen molar-refractivity contribution in [1.82, 2.24) is 17.9 Å². The van der Waals surface area contributed by atoms with Crippen LogP contribution in [-0.4, -0.2) is 17.9 Å². The molecular weight excluding hydrogens is 1430 g/mol. The molecule has 0 bridgehead atoms. The molecule has 0 saturated carbocycles. The SMILES string of the molecule is c1ccc(-c2ccc3cc4c5c6c(cc7c8cc9ccc(-c%10cccc(-c%11cccc(-n%12c%13ccccc%13c%13cc%14c%15cc%16ccc(N(c%17ccccc%17)c%17ccccc%17)cc%16cc%15n%15c%16cc%17cc(N(c%18ccccc%18)c%18ccccc%18)ccc%17cc%16c(c%13%12)c%14%15)c%11)c%10)cc9cc8n(c4cc3c2)c75)c2ccccc2n6-c2ccccc2)cc1. The summed E-state index contributed by atoms with van der Waals surface area (Å²) in [6.07, 6.45) is 0. The van der Waals surface area contributed by atoms with Gasteiger partial charge in [0.15, 0.2) is 0 Å². The number of nitrogens with zero attached hydrogens (tertiary/aromatic N) is 6. The Hall–Kier alpha value is -15.8. The smallest absolute Gasteiger partial charge is 0.0642 e. The first-order valence-electron chi connectivity index (χ1n) is 40.8. The largest absolute Gasteiger partial charge is 0.310 e. The van der Waals surface area contributed by atoms with Crippen LogP contribution in [-0.2, 0) is 0 Å². The van der Waals surface area contributed by atoms with E-state index < -0.39 is 0 Å². The van der Waals surface area contributed by atoms with Crippen molar-refractivity contribution in [3.05, 3.63) is 413 Å². The topological polar surface area (TPSA) is 25.2 Å². The van der Waals surface area contributed by atoms with Crippen molar-refractivity contribution in [2.75, 3.05) is 9.80 Å². The molecular formula is C112H68N6. The monoisotopic (exact) mass is 1500 g/mol. The first kappa shape index (κ1) is 64.7. The molecule has 118 heavy (non-hydrogen) atoms. The van der Waals surface area contributed by atoms with Gasteiger partial charge in [0.25, 0.3) is 0 Å². The van der Waals surface area contributed by atoms with Crippen LogP contribution >= 0.6 is 0 Å². The van der Waals surface area contributed by atoms with Crippen molar-refractivity contribution in [3.8, 4) is 44.8 Å². The Bertz CT molecular complexity index is 8580. The molecule has 6 aromatic heterocycles. The third kappa shape index (κ3) is 9.51. The van der Waals surface area contributed by atoms with Crippen molar-refractivity contribution in [2.24, 2.45) is 0 Å². The Morgan fingerprint density at radius 2 is 0.475 bits per heavy atom. The summed E-state index contributed by atoms with van der Waals surface area (Å²) in [5.41, 5.74) is 28.0. The van der Waals surface area contributed by atoms with E-state index >= 15 is 0 Å². The zero-order valence-corrected chi connectivity index (χ0v) is 63.9. The lowest BCUT2D eigenvalue weighted by Gasteiger charge is -2.25. The summed E-state index contributed by atoms with van der Waals surface area (Å²) in [7, 11) is 0. The van der Waals surface area contributed by atoms with Crippen molar-refractivity contribution in [1.29, 1.82) is 0 Å². The highest BCUT2D eigenvalue weighted by Gasteiger charge is 2.29. The average molecular weight is 1500 g/mol. The Morgan fingerprint density at radius 3 is 0.932 bits per heavy atom. The summed E-state index contributed by atoms with van der Waals surface area (Å²) < 4.78 is 10.3. The maximum absolute atomic E-state index is 2.60. The number of anilines is 6. The van der Waals surface area contributed by atoms with Crippen molar-refractivity contribution in [2.45, 2.75) is 0 Å². The molecule has 20 aromatic carbocycles. The molecule has 546 valence electrons. The molecule has 0 saturated heterocycles. The molecule has 0 radical (unpaired) electrons. The Kier molecular flexibility index (Phi) is 13.6. The number of fused-ring (bicyclic) bond motifs is 24. The molecule has 0 aliphatic rings. The van der Waals surface area contributed by atoms with Gasteiger partial charge in [0.1, 0.15) is 0 Å². The normalized spacial score (nSPS) is 12.2. The first-order chi connectivity index (χ1) is 58.5. The summed E-state index contributed by atoms with van der Waals surface area (Å²) >= 11 is 0. The molecule has 6 nitrogen and oxygen atoms in total. The van der Waals surface area contributed by atoms with E-state index in [9.17, 15) is 0 Å². The van der Waals surface area contributed by atoms with Gasteiger partial charge in [-0.05, 0) is 265 Å². The Morgan fingerprint density at radius 1 is 0.153 bits per heavy atom. The zero-order chi connectivity index (χ0) is 77.0. The lowest BCUT2D eigenvalue weighted by atomic mass is 9.96. The van der Waals surface area contributed by atoms with E-state index in [1.165, 1.54) is 174 Å². The fourth-order valence-corrected chi connectivity index (χ4v) is 20.3. The highest BCUT2D eigenvalue weighted by Crippen LogP contribution is 2.52. The van der Waals surface area contributed by atoms with Gasteiger partial charge >= 0.3 is 0 Å². The van der Waals surface area contributed by atoms with Crippen molar-refractivity contribution in [3.63, 3.8) is 0 Å². The fourth-order valence-electron chi connectivity index (χ4n) is 20.3. The summed E-state index contributed by atoms with van der Waals surface area (Å²) in [5, 5.41) is 24.5. The molecule has 26 rings (SSSR count). The lowest BCUT2D eigenvalue weighted by Crippen LogP contribution is -2.09. The van der Waals surface area contributed by atoms with Crippen LogP contribution in [0, 0.1) is 0 Å². The number of rotatable bonds is 11. The molecule has 6 heteroatoms. The molecule has 0 atom stereocenters. The van der Waals surface area contributed by atoms with Gasteiger partial charge in [-0.3, -0.25) is 0 Å². The summed E-state index contributed by atoms with van der Waals surface area (Å²) in [5.74, 6) is 0. The minimum Gasteiger partial charge on any atom is -0.310 e. The quantitative estimate of drug-likeness (QED) is 0.129. The number of hydrogen-bond acceptors (Lipinski definition) is 2. The maximum atomic E-state index is 2.60. The van der Waals surface area contributed by atoms with Crippen molar-refractivity contribution >= 4 is 197 Å². The number of aromatic nitrogens is 4. The van der Waals surface area contributed by atoms with Gasteiger partial charge in [0, 0.05) is 110 Å². The third-order valence-electron chi connectivity index (χ3n) is 25.5. The van der Waals surface area contributed by atoms with Gasteiger partial charge in [0.05, 0.1) is 55.2 Å². The van der Waals surface area contributed by atoms with E-state index in [2.05, 4.69) is 440 Å². The zero-order valence-electron chi connectivity index (χ0n) is 63.9. The molecule has 0 aliphatic heterocycles. The van der Waals surface area contributed by atoms with E-state index in [-0.39, 0.29) is 0 Å². The summed E-state index contributed by atoms with van der Waals surface area (Å²) in [6, 6.07) is 154. The van der Waals surface area contributed by atoms with Gasteiger partial charge < -0.3 is 27.7 Å². The van der Waals surface area contributed by atoms with Gasteiger partial charge in [-0.15, -0.1) is 0 Å². The molecule has 26 aromatic rings. The molecule has 0 fully saturated rings. The van der Waals surface area contributed by atoms with Crippen LogP contribution in [0.3, 0.4) is 0 Å². The third-order valence-corrected chi connectivity index (χ3v) is 25.5. The molecule has 0 unspecified atom stereocenters. The average Bonchev–Trinajstić information content (AvgIpc) is 1.51. The fraction of sp³-hybridized carbons (Fsp3) is 0. The second kappa shape index (κ2) is 24.9. The van der Waals surface area contributed by atoms with E-state index in [4.69, 9.17) is 0 Å². The molecule has 0 N–H and O–H groups in total. The van der Waals surface area contributed by atoms with Crippen molar-refractivity contribution < 1.29 is 0 Å². The van der Waals surface area contributed by atoms with Crippen LogP contribution in [0.5, 0.6) is 0 Å². The second-order valence-electron chi connectivity index (χ2n) is 32.0. The standard InChI is InChI=1S/C112H68N6/c1-7-25-69(26-8-1)73-45-47-76-61-99-105(64-79(76)54-73)117-103-63-80-55-74(46-48-75(80)59-93(103)97-67-95-91-41-19-21-43-101(91)115(87-38-17-6-18-39-87)109(95)107(99)111(97)117)71-28-23-27-70(53-71)72-29-24-40-88(56-72)116-102-44-22-20-42-92(102)96-68-98-94-60-77-49-51-89(113(83-30-9-2-10-31-83)84-32-11-3-12-33-84)57-81(77)65-104(94)118-106-66-82-58-90(52-50-78(82)62-100(106)108(110(96)116)112(98)118)114(85-34-13-4-14-35-85)86-36-15-5-16-37-86/h1-68H. The van der Waals surface area contributed by atoms with Crippen LogP contribution in [0.25, 0.3) is 208 Å². The van der Waals surface area contributed by atoms with E-state index in [0.29, 0.717) is 0 Å². The van der Waals surface area contributed by atoms with Crippen LogP contribution in [0.1, 0.15) is 0 Å². The van der Waals surface area contributed by atoms with E-state index in [1.54, 1.807) is 0 Å². The summed E-state index contributed by atoms with van der Waals surface area (Å²) in [6.45, 7) is 0. The highest BCUT2D eigenvalue weighted by molar-refractivity contribution is 6.37. The van der Waals surface area contributed by atoms with Crippen LogP contribution in [0.4, 0.5) is 34.1 Å². The van der Waals surface area contributed by atoms with Crippen LogP contribution in [0.15, 0.2) is 413 Å². The second-order valence-corrected chi connectivity index (χ2v) is 32.0. The number of benzene rings is 20. The van der Waals surface area contributed by atoms with E-state index in [1.807, 2.05) is 0 Å². The molecule has 0 aliphatic carbocycles. The number of para-hydroxylation sites is 7. The van der Waals surface area contributed by atoms with Gasteiger partial charge in [-0.1, -0.05) is 224 Å². The van der Waals surface area contributed by atoms with Crippen LogP contribution < -0.4 is 9.80 Å². The number of hydrogen-bond donors (Lipinski definition) is 0. The molecule has 6 heterocycles. The highest BCUT2D eigenvalue weighted by atomic mass is 15.1. The molecule has 0 amide bonds. The minimum absolute atomic E-state index is 1.10. The predicted octanol–water partition coefficient (Wildman–Crippen LogP) is 30.7. The summed E-state index contributed by atoms with van der Waals surface area (Å²) in [4.78, 5) is 4.73. The Balaban J connectivity index is 0.649. The lowest BCUT2D eigenvalue weighted by molar-refractivity contribution is 1.19. The van der Waals surface area contributed by atoms with Gasteiger partial charge in [0.2, 0.25) is 0 Å². The maximum Gasteiger partial charge on any atom is 0.0642 e. The first-order valence-corrected chi connectivity index (χ1v) is 40.8. The van der Waals surface area contributed by atoms with Crippen LogP contribution in [0.2, 0.25) is 0 Å². The Labute approximate surface area is 677 Å². The van der Waals surface area contributed by atoms with Gasteiger partial charge in [-0.25, -0.2) is 0 Å². The van der Waals surface area contributed by atoms with Gasteiger partial charge in [-0.2, -0.15) is 0 Å². The molecule has 0 spiro atoms. The van der Waals surface area contributed by atoms with E-state index in [0.717, 1.165) is 67.7 Å². The minimum atomic E-state index is 1.10. The predicted molar refractivity (Wildman–Crippen MR) is 500 cm³/mol.